The van der Waals surface area contributed by atoms with Crippen molar-refractivity contribution < 1.29 is 9.00 Å². The number of rotatable bonds is 4. The van der Waals surface area contributed by atoms with Crippen LogP contribution in [0.2, 0.25) is 10.0 Å². The van der Waals surface area contributed by atoms with Crippen molar-refractivity contribution in [2.24, 2.45) is 0 Å². The Labute approximate surface area is 123 Å². The number of carbonyl (C=O) groups excluding carboxylic acids is 1. The fraction of sp³-hybridized carbons (Fsp3) is 0.0714. The van der Waals surface area contributed by atoms with E-state index in [1.807, 2.05) is 0 Å². The van der Waals surface area contributed by atoms with E-state index >= 15 is 0 Å². The molecule has 0 heterocycles. The molecule has 98 valence electrons. The molecular formula is C14H10Cl2O2S. The lowest BCUT2D eigenvalue weighted by molar-refractivity contribution is 0.102. The summed E-state index contributed by atoms with van der Waals surface area (Å²) in [7, 11) is -1.37. The van der Waals surface area contributed by atoms with Crippen LogP contribution in [0.4, 0.5) is 0 Å². The third-order valence-corrected chi connectivity index (χ3v) is 4.33. The smallest absolute Gasteiger partial charge is 0.175 e. The van der Waals surface area contributed by atoms with Gasteiger partial charge in [0.05, 0.1) is 16.6 Å². The summed E-state index contributed by atoms with van der Waals surface area (Å²) >= 11 is 11.5. The Bertz CT molecular complexity index is 551. The molecule has 1 unspecified atom stereocenters. The molecule has 2 aromatic rings. The van der Waals surface area contributed by atoms with Crippen LogP contribution in [0.1, 0.15) is 10.4 Å². The first-order chi connectivity index (χ1) is 9.06. The molecule has 0 radical (unpaired) electrons. The number of Topliss-reactive ketones (excluding diaryl/α,β-unsaturated/α-hetero) is 1. The molecular weight excluding hydrogens is 303 g/mol. The molecule has 1 atom stereocenters. The Kier molecular flexibility index (Phi) is 4.75. The van der Waals surface area contributed by atoms with Crippen LogP contribution >= 0.6 is 23.2 Å². The molecule has 2 rings (SSSR count). The molecule has 0 aliphatic heterocycles. The molecule has 2 aromatic carbocycles. The van der Waals surface area contributed by atoms with Crippen LogP contribution in [0.25, 0.3) is 0 Å². The van der Waals surface area contributed by atoms with E-state index in [2.05, 4.69) is 0 Å². The molecule has 0 N–H and O–H groups in total. The molecule has 0 saturated carbocycles. The minimum Gasteiger partial charge on any atom is -0.293 e. The zero-order valence-corrected chi connectivity index (χ0v) is 12.1. The van der Waals surface area contributed by atoms with Crippen molar-refractivity contribution in [2.75, 3.05) is 5.75 Å². The highest BCUT2D eigenvalue weighted by molar-refractivity contribution is 7.85. The zero-order chi connectivity index (χ0) is 13.8. The van der Waals surface area contributed by atoms with Crippen molar-refractivity contribution in [3.8, 4) is 0 Å². The number of ketones is 1. The highest BCUT2D eigenvalue weighted by Gasteiger charge is 2.12. The molecule has 0 saturated heterocycles. The first kappa shape index (κ1) is 14.3. The van der Waals surface area contributed by atoms with Crippen LogP contribution in [0, 0.1) is 0 Å². The second-order valence-corrected chi connectivity index (χ2v) is 6.20. The zero-order valence-electron chi connectivity index (χ0n) is 9.81. The molecule has 0 aliphatic rings. The van der Waals surface area contributed by atoms with Gasteiger partial charge in [0.25, 0.3) is 0 Å². The third kappa shape index (κ3) is 3.90. The van der Waals surface area contributed by atoms with E-state index < -0.39 is 10.8 Å². The summed E-state index contributed by atoms with van der Waals surface area (Å²) in [6.07, 6.45) is 0. The van der Waals surface area contributed by atoms with Crippen molar-refractivity contribution in [2.45, 2.75) is 4.90 Å². The molecule has 2 nitrogen and oxygen atoms in total. The van der Waals surface area contributed by atoms with Gasteiger partial charge in [-0.1, -0.05) is 23.2 Å². The fourth-order valence-corrected chi connectivity index (χ4v) is 2.77. The topological polar surface area (TPSA) is 34.1 Å². The van der Waals surface area contributed by atoms with Crippen LogP contribution in [0.15, 0.2) is 53.4 Å². The summed E-state index contributed by atoms with van der Waals surface area (Å²) in [5, 5.41) is 1.14. The van der Waals surface area contributed by atoms with Gasteiger partial charge in [-0.05, 0) is 48.5 Å². The summed E-state index contributed by atoms with van der Waals surface area (Å²) in [5.41, 5.74) is 0.506. The number of hydrogen-bond acceptors (Lipinski definition) is 2. The Hall–Kier alpha value is -1.16. The fourth-order valence-electron chi connectivity index (χ4n) is 1.51. The van der Waals surface area contributed by atoms with E-state index in [9.17, 15) is 9.00 Å². The van der Waals surface area contributed by atoms with Gasteiger partial charge in [0.1, 0.15) is 0 Å². The maximum Gasteiger partial charge on any atom is 0.175 e. The second kappa shape index (κ2) is 6.33. The average Bonchev–Trinajstić information content (AvgIpc) is 2.40. The molecule has 19 heavy (non-hydrogen) atoms. The lowest BCUT2D eigenvalue weighted by Gasteiger charge is -2.03. The largest absolute Gasteiger partial charge is 0.293 e. The summed E-state index contributed by atoms with van der Waals surface area (Å²) in [4.78, 5) is 12.5. The van der Waals surface area contributed by atoms with E-state index in [0.717, 1.165) is 0 Å². The summed E-state index contributed by atoms with van der Waals surface area (Å²) in [6.45, 7) is 0. The lowest BCUT2D eigenvalue weighted by atomic mass is 10.1. The Morgan fingerprint density at radius 3 is 1.89 bits per heavy atom. The minimum atomic E-state index is -1.37. The van der Waals surface area contributed by atoms with Gasteiger partial charge in [-0.3, -0.25) is 9.00 Å². The first-order valence-corrected chi connectivity index (χ1v) is 7.56. The van der Waals surface area contributed by atoms with Gasteiger partial charge < -0.3 is 0 Å². The van der Waals surface area contributed by atoms with Crippen LogP contribution in [-0.2, 0) is 10.8 Å². The van der Waals surface area contributed by atoms with E-state index in [0.29, 0.717) is 20.5 Å². The predicted octanol–water partition coefficient (Wildman–Crippen LogP) is 3.98. The van der Waals surface area contributed by atoms with Crippen LogP contribution in [0.3, 0.4) is 0 Å². The van der Waals surface area contributed by atoms with E-state index in [-0.39, 0.29) is 11.5 Å². The van der Waals surface area contributed by atoms with Crippen molar-refractivity contribution >= 4 is 39.8 Å². The van der Waals surface area contributed by atoms with Gasteiger partial charge in [0, 0.05) is 20.5 Å². The number of benzene rings is 2. The van der Waals surface area contributed by atoms with E-state index in [4.69, 9.17) is 23.2 Å². The standard InChI is InChI=1S/C14H10Cl2O2S/c15-11-3-1-10(2-4-11)14(17)9-19(18)13-7-5-12(16)6-8-13/h1-8H,9H2. The van der Waals surface area contributed by atoms with Gasteiger partial charge in [0.2, 0.25) is 0 Å². The summed E-state index contributed by atoms with van der Waals surface area (Å²) < 4.78 is 12.0. The van der Waals surface area contributed by atoms with Crippen molar-refractivity contribution in [1.29, 1.82) is 0 Å². The predicted molar refractivity (Wildman–Crippen MR) is 78.5 cm³/mol. The molecule has 0 spiro atoms. The SMILES string of the molecule is O=C(CS(=O)c1ccc(Cl)cc1)c1ccc(Cl)cc1. The van der Waals surface area contributed by atoms with Gasteiger partial charge in [-0.2, -0.15) is 0 Å². The monoisotopic (exact) mass is 312 g/mol. The Balaban J connectivity index is 2.08. The second-order valence-electron chi connectivity index (χ2n) is 3.87. The molecule has 0 fully saturated rings. The molecule has 5 heteroatoms. The van der Waals surface area contributed by atoms with Crippen molar-refractivity contribution in [3.63, 3.8) is 0 Å². The maximum absolute atomic E-state index is 12.0. The van der Waals surface area contributed by atoms with Crippen LogP contribution in [-0.4, -0.2) is 15.7 Å². The Morgan fingerprint density at radius 1 is 0.895 bits per heavy atom. The molecule has 0 aromatic heterocycles. The highest BCUT2D eigenvalue weighted by Crippen LogP contribution is 2.15. The lowest BCUT2D eigenvalue weighted by Crippen LogP contribution is -2.10. The summed E-state index contributed by atoms with van der Waals surface area (Å²) in [6, 6.07) is 13.2. The van der Waals surface area contributed by atoms with Gasteiger partial charge in [-0.25, -0.2) is 0 Å². The van der Waals surface area contributed by atoms with Crippen LogP contribution in [0.5, 0.6) is 0 Å². The molecule has 0 bridgehead atoms. The third-order valence-electron chi connectivity index (χ3n) is 2.50. The van der Waals surface area contributed by atoms with E-state index in [1.165, 1.54) is 0 Å². The highest BCUT2D eigenvalue weighted by atomic mass is 35.5. The quantitative estimate of drug-likeness (QED) is 0.800. The number of hydrogen-bond donors (Lipinski definition) is 0. The molecule has 0 amide bonds. The number of halogens is 2. The minimum absolute atomic E-state index is 0.0523. The normalized spacial score (nSPS) is 12.1. The van der Waals surface area contributed by atoms with Gasteiger partial charge in [-0.15, -0.1) is 0 Å². The van der Waals surface area contributed by atoms with Crippen molar-refractivity contribution in [1.82, 2.24) is 0 Å². The van der Waals surface area contributed by atoms with Gasteiger partial charge in [0.15, 0.2) is 5.78 Å². The number of carbonyl (C=O) groups is 1. The van der Waals surface area contributed by atoms with Crippen LogP contribution < -0.4 is 0 Å². The maximum atomic E-state index is 12.0. The average molecular weight is 313 g/mol. The van der Waals surface area contributed by atoms with Crippen molar-refractivity contribution in [3.05, 3.63) is 64.1 Å². The molecule has 0 aliphatic carbocycles. The van der Waals surface area contributed by atoms with E-state index in [1.54, 1.807) is 48.5 Å². The van der Waals surface area contributed by atoms with Gasteiger partial charge >= 0.3 is 0 Å². The first-order valence-electron chi connectivity index (χ1n) is 5.49. The Morgan fingerprint density at radius 2 is 1.37 bits per heavy atom. The summed E-state index contributed by atoms with van der Waals surface area (Å²) in [5.74, 6) is -0.228.